The number of rotatable bonds is 5. The van der Waals surface area contributed by atoms with Gasteiger partial charge in [0, 0.05) is 6.04 Å². The molecule has 0 radical (unpaired) electrons. The standard InChI is InChI=1S/C11H14FNO2.Li.H/c1-2-13-10(7-11(14)15)8-3-5-9(12)6-4-8;;/h3-6,10,13H,2,7H2,1H3,(H,14,15);;. The SMILES string of the molecule is CCNC(CC(=O)O)c1ccc(F)cc1.[LiH]. The molecule has 16 heavy (non-hydrogen) atoms. The van der Waals surface area contributed by atoms with E-state index in [1.165, 1.54) is 12.1 Å². The summed E-state index contributed by atoms with van der Waals surface area (Å²) in [5.41, 5.74) is 0.792. The Labute approximate surface area is 106 Å². The molecule has 0 aliphatic carbocycles. The fraction of sp³-hybridized carbons (Fsp3) is 0.364. The van der Waals surface area contributed by atoms with Crippen LogP contribution >= 0.6 is 0 Å². The third-order valence-corrected chi connectivity index (χ3v) is 2.10. The Morgan fingerprint density at radius 2 is 2.00 bits per heavy atom. The van der Waals surface area contributed by atoms with Crippen molar-refractivity contribution < 1.29 is 14.3 Å². The quantitative estimate of drug-likeness (QED) is 0.734. The third-order valence-electron chi connectivity index (χ3n) is 2.10. The van der Waals surface area contributed by atoms with Gasteiger partial charge in [-0.05, 0) is 24.2 Å². The zero-order valence-corrected chi connectivity index (χ0v) is 8.53. The van der Waals surface area contributed by atoms with E-state index < -0.39 is 5.97 Å². The Kier molecular flexibility index (Phi) is 7.07. The fourth-order valence-corrected chi connectivity index (χ4v) is 1.42. The first-order chi connectivity index (χ1) is 7.13. The summed E-state index contributed by atoms with van der Waals surface area (Å²) in [7, 11) is 0. The normalized spacial score (nSPS) is 11.6. The molecule has 0 fully saturated rings. The van der Waals surface area contributed by atoms with Gasteiger partial charge in [-0.2, -0.15) is 0 Å². The van der Waals surface area contributed by atoms with Crippen LogP contribution in [0.5, 0.6) is 0 Å². The number of hydrogen-bond acceptors (Lipinski definition) is 2. The second-order valence-corrected chi connectivity index (χ2v) is 3.26. The molecule has 1 unspecified atom stereocenters. The molecule has 0 aliphatic heterocycles. The number of nitrogens with one attached hydrogen (secondary N) is 1. The summed E-state index contributed by atoms with van der Waals surface area (Å²) in [6, 6.07) is 5.62. The molecule has 0 saturated carbocycles. The Balaban J connectivity index is 0.00000225. The maximum absolute atomic E-state index is 12.7. The number of halogens is 1. The summed E-state index contributed by atoms with van der Waals surface area (Å²) in [4.78, 5) is 10.6. The van der Waals surface area contributed by atoms with Gasteiger partial charge in [-0.15, -0.1) is 0 Å². The van der Waals surface area contributed by atoms with Crippen LogP contribution < -0.4 is 5.32 Å². The van der Waals surface area contributed by atoms with E-state index in [1.807, 2.05) is 6.92 Å². The molecule has 0 aliphatic rings. The van der Waals surface area contributed by atoms with Gasteiger partial charge in [0.25, 0.3) is 0 Å². The molecule has 2 N–H and O–H groups in total. The van der Waals surface area contributed by atoms with Crippen LogP contribution in [-0.4, -0.2) is 36.5 Å². The number of aliphatic carboxylic acids is 1. The predicted molar refractivity (Wildman–Crippen MR) is 62.2 cm³/mol. The van der Waals surface area contributed by atoms with Crippen LogP contribution in [0.15, 0.2) is 24.3 Å². The van der Waals surface area contributed by atoms with Gasteiger partial charge in [0.1, 0.15) is 5.82 Å². The van der Waals surface area contributed by atoms with Crippen LogP contribution in [-0.2, 0) is 4.79 Å². The summed E-state index contributed by atoms with van der Waals surface area (Å²) in [6.07, 6.45) is -0.000523. The van der Waals surface area contributed by atoms with Crippen molar-refractivity contribution in [1.82, 2.24) is 5.32 Å². The van der Waals surface area contributed by atoms with Gasteiger partial charge in [-0.25, -0.2) is 4.39 Å². The van der Waals surface area contributed by atoms with Gasteiger partial charge in [-0.1, -0.05) is 19.1 Å². The zero-order valence-electron chi connectivity index (χ0n) is 8.53. The molecular weight excluding hydrogens is 204 g/mol. The molecule has 1 aromatic rings. The first-order valence-corrected chi connectivity index (χ1v) is 4.84. The summed E-state index contributed by atoms with van der Waals surface area (Å²) in [6.45, 7) is 2.58. The van der Waals surface area contributed by atoms with Crippen LogP contribution in [0.2, 0.25) is 0 Å². The minimum atomic E-state index is -0.870. The van der Waals surface area contributed by atoms with E-state index in [4.69, 9.17) is 5.11 Å². The van der Waals surface area contributed by atoms with E-state index >= 15 is 0 Å². The van der Waals surface area contributed by atoms with Crippen molar-refractivity contribution in [1.29, 1.82) is 0 Å². The summed E-state index contributed by atoms with van der Waals surface area (Å²) in [5.74, 6) is -1.19. The second kappa shape index (κ2) is 7.45. The molecule has 0 amide bonds. The van der Waals surface area contributed by atoms with Crippen molar-refractivity contribution in [3.05, 3.63) is 35.6 Å². The number of carboxylic acid groups (broad SMARTS) is 1. The Hall–Kier alpha value is -0.823. The van der Waals surface area contributed by atoms with Gasteiger partial charge in [0.15, 0.2) is 0 Å². The molecular formula is C11H15FLiNO2. The van der Waals surface area contributed by atoms with Crippen LogP contribution in [0.1, 0.15) is 24.9 Å². The molecule has 1 aromatic carbocycles. The van der Waals surface area contributed by atoms with E-state index in [0.29, 0.717) is 6.54 Å². The summed E-state index contributed by atoms with van der Waals surface area (Å²) in [5, 5.41) is 11.8. The Bertz CT molecular complexity index is 329. The molecule has 0 saturated heterocycles. The van der Waals surface area contributed by atoms with Crippen LogP contribution in [0.4, 0.5) is 4.39 Å². The minimum absolute atomic E-state index is 0. The average molecular weight is 219 g/mol. The Morgan fingerprint density at radius 1 is 1.44 bits per heavy atom. The van der Waals surface area contributed by atoms with E-state index in [1.54, 1.807) is 12.1 Å². The third kappa shape index (κ3) is 4.80. The number of carbonyl (C=O) groups is 1. The number of hydrogen-bond donors (Lipinski definition) is 2. The molecule has 1 atom stereocenters. The Morgan fingerprint density at radius 3 is 2.44 bits per heavy atom. The van der Waals surface area contributed by atoms with Crippen molar-refractivity contribution >= 4 is 24.8 Å². The van der Waals surface area contributed by atoms with E-state index in [9.17, 15) is 9.18 Å². The number of carboxylic acids is 1. The molecule has 0 aromatic heterocycles. The fourth-order valence-electron chi connectivity index (χ4n) is 1.42. The average Bonchev–Trinajstić information content (AvgIpc) is 2.17. The molecule has 1 rings (SSSR count). The van der Waals surface area contributed by atoms with Crippen molar-refractivity contribution in [2.24, 2.45) is 0 Å². The zero-order chi connectivity index (χ0) is 11.3. The summed E-state index contributed by atoms with van der Waals surface area (Å²) >= 11 is 0. The first kappa shape index (κ1) is 15.2. The molecule has 0 spiro atoms. The van der Waals surface area contributed by atoms with Crippen LogP contribution in [0, 0.1) is 5.82 Å². The van der Waals surface area contributed by atoms with Gasteiger partial charge < -0.3 is 10.4 Å². The second-order valence-electron chi connectivity index (χ2n) is 3.26. The maximum atomic E-state index is 12.7. The van der Waals surface area contributed by atoms with Gasteiger partial charge in [0.2, 0.25) is 0 Å². The number of benzene rings is 1. The van der Waals surface area contributed by atoms with E-state index in [-0.39, 0.29) is 37.1 Å². The molecule has 0 bridgehead atoms. The van der Waals surface area contributed by atoms with Crippen molar-refractivity contribution in [2.45, 2.75) is 19.4 Å². The topological polar surface area (TPSA) is 49.3 Å². The van der Waals surface area contributed by atoms with E-state index in [2.05, 4.69) is 5.32 Å². The molecule has 5 heteroatoms. The van der Waals surface area contributed by atoms with Crippen LogP contribution in [0.3, 0.4) is 0 Å². The molecule has 84 valence electrons. The predicted octanol–water partition coefficient (Wildman–Crippen LogP) is 1.30. The monoisotopic (exact) mass is 219 g/mol. The molecule has 3 nitrogen and oxygen atoms in total. The van der Waals surface area contributed by atoms with E-state index in [0.717, 1.165) is 5.56 Å². The van der Waals surface area contributed by atoms with Gasteiger partial charge in [-0.3, -0.25) is 4.79 Å². The first-order valence-electron chi connectivity index (χ1n) is 4.84. The van der Waals surface area contributed by atoms with Crippen LogP contribution in [0.25, 0.3) is 0 Å². The van der Waals surface area contributed by atoms with Crippen molar-refractivity contribution in [3.63, 3.8) is 0 Å². The van der Waals surface area contributed by atoms with Gasteiger partial charge in [0.05, 0.1) is 6.42 Å². The van der Waals surface area contributed by atoms with Gasteiger partial charge >= 0.3 is 24.8 Å². The van der Waals surface area contributed by atoms with Crippen molar-refractivity contribution in [3.8, 4) is 0 Å². The summed E-state index contributed by atoms with van der Waals surface area (Å²) < 4.78 is 12.7. The molecule has 0 heterocycles. The van der Waals surface area contributed by atoms with Crippen molar-refractivity contribution in [2.75, 3.05) is 6.54 Å².